The maximum atomic E-state index is 12.2. The topological polar surface area (TPSA) is 135 Å². The van der Waals surface area contributed by atoms with Crippen molar-refractivity contribution < 1.29 is 23.3 Å². The van der Waals surface area contributed by atoms with Crippen LogP contribution in [-0.2, 0) is 22.7 Å². The van der Waals surface area contributed by atoms with Crippen LogP contribution in [0.1, 0.15) is 29.5 Å². The van der Waals surface area contributed by atoms with E-state index in [0.717, 1.165) is 11.1 Å². The van der Waals surface area contributed by atoms with Crippen molar-refractivity contribution in [2.75, 3.05) is 0 Å². The maximum Gasteiger partial charge on any atom is 0.419 e. The first-order valence-corrected chi connectivity index (χ1v) is 10.2. The Hall–Kier alpha value is -4.21. The number of oxazole rings is 1. The van der Waals surface area contributed by atoms with Gasteiger partial charge in [-0.1, -0.05) is 0 Å². The van der Waals surface area contributed by atoms with E-state index < -0.39 is 22.3 Å². The summed E-state index contributed by atoms with van der Waals surface area (Å²) in [5, 5.41) is 11.6. The Labute approximate surface area is 186 Å². The molecular formula is C23H20N2O8. The molecule has 4 rings (SSSR count). The van der Waals surface area contributed by atoms with Gasteiger partial charge < -0.3 is 13.6 Å². The van der Waals surface area contributed by atoms with E-state index in [1.54, 1.807) is 6.07 Å². The Bertz CT molecular complexity index is 1510. The molecule has 10 heteroatoms. The summed E-state index contributed by atoms with van der Waals surface area (Å²) in [4.78, 5) is 46.5. The second-order valence-corrected chi connectivity index (χ2v) is 7.72. The van der Waals surface area contributed by atoms with E-state index in [4.69, 9.17) is 13.6 Å². The SMILES string of the molecule is Cc1cc2oc(=O)cc(COC(=O)CCCn3c(=O)oc4cc([N+](=O)[O-])ccc43)c2cc1C. The number of aromatic nitrogens is 1. The van der Waals surface area contributed by atoms with Crippen LogP contribution in [0.5, 0.6) is 0 Å². The molecule has 0 aliphatic rings. The Morgan fingerprint density at radius 3 is 2.58 bits per heavy atom. The molecule has 0 amide bonds. The molecule has 170 valence electrons. The van der Waals surface area contributed by atoms with Gasteiger partial charge in [-0.2, -0.15) is 0 Å². The molecule has 0 aliphatic heterocycles. The van der Waals surface area contributed by atoms with Gasteiger partial charge in [-0.05, 0) is 49.6 Å². The van der Waals surface area contributed by atoms with Crippen LogP contribution >= 0.6 is 0 Å². The number of nitro benzene ring substituents is 1. The molecular weight excluding hydrogens is 432 g/mol. The molecule has 0 aliphatic carbocycles. The maximum absolute atomic E-state index is 12.2. The number of benzene rings is 2. The van der Waals surface area contributed by atoms with Crippen LogP contribution in [0.2, 0.25) is 0 Å². The number of non-ortho nitro benzene ring substituents is 1. The number of hydrogen-bond donors (Lipinski definition) is 0. The number of nitro groups is 1. The van der Waals surface area contributed by atoms with E-state index in [0.29, 0.717) is 28.5 Å². The van der Waals surface area contributed by atoms with Crippen LogP contribution in [0.4, 0.5) is 5.69 Å². The Morgan fingerprint density at radius 1 is 1.06 bits per heavy atom. The quantitative estimate of drug-likeness (QED) is 0.179. The van der Waals surface area contributed by atoms with Crippen molar-refractivity contribution in [3.63, 3.8) is 0 Å². The Kier molecular flexibility index (Phi) is 5.82. The van der Waals surface area contributed by atoms with Crippen molar-refractivity contribution >= 4 is 33.7 Å². The van der Waals surface area contributed by atoms with Crippen LogP contribution < -0.4 is 11.4 Å². The Morgan fingerprint density at radius 2 is 1.82 bits per heavy atom. The highest BCUT2D eigenvalue weighted by molar-refractivity contribution is 5.82. The molecule has 0 spiro atoms. The first-order valence-electron chi connectivity index (χ1n) is 10.2. The number of esters is 1. The van der Waals surface area contributed by atoms with Gasteiger partial charge >= 0.3 is 17.4 Å². The van der Waals surface area contributed by atoms with E-state index in [9.17, 15) is 24.5 Å². The molecule has 0 saturated heterocycles. The lowest BCUT2D eigenvalue weighted by atomic mass is 10.0. The molecule has 10 nitrogen and oxygen atoms in total. The molecule has 0 unspecified atom stereocenters. The van der Waals surface area contributed by atoms with Crippen LogP contribution in [0.3, 0.4) is 0 Å². The third-order valence-corrected chi connectivity index (χ3v) is 5.46. The molecule has 2 heterocycles. The lowest BCUT2D eigenvalue weighted by molar-refractivity contribution is -0.384. The van der Waals surface area contributed by atoms with Crippen molar-refractivity contribution in [2.24, 2.45) is 0 Å². The van der Waals surface area contributed by atoms with Crippen molar-refractivity contribution in [3.05, 3.63) is 84.2 Å². The number of aryl methyl sites for hydroxylation is 3. The van der Waals surface area contributed by atoms with E-state index in [1.807, 2.05) is 19.9 Å². The molecule has 0 fully saturated rings. The van der Waals surface area contributed by atoms with Crippen molar-refractivity contribution in [1.29, 1.82) is 0 Å². The van der Waals surface area contributed by atoms with Crippen LogP contribution in [0.15, 0.2) is 54.8 Å². The summed E-state index contributed by atoms with van der Waals surface area (Å²) in [5.74, 6) is -1.15. The predicted octanol–water partition coefficient (Wildman–Crippen LogP) is 3.75. The zero-order valence-corrected chi connectivity index (χ0v) is 18.0. The highest BCUT2D eigenvalue weighted by Crippen LogP contribution is 2.23. The summed E-state index contributed by atoms with van der Waals surface area (Å²) >= 11 is 0. The standard InChI is InChI=1S/C23H20N2O8/c1-13-8-17-15(10-22(27)32-19(17)9-14(13)2)12-31-21(26)4-3-7-24-18-6-5-16(25(29)30)11-20(18)33-23(24)28/h5-6,8-11H,3-4,7,12H2,1-2H3. The van der Waals surface area contributed by atoms with E-state index >= 15 is 0 Å². The zero-order chi connectivity index (χ0) is 23.7. The number of rotatable bonds is 7. The van der Waals surface area contributed by atoms with Crippen LogP contribution in [-0.4, -0.2) is 15.5 Å². The van der Waals surface area contributed by atoms with Gasteiger partial charge in [0.05, 0.1) is 16.5 Å². The summed E-state index contributed by atoms with van der Waals surface area (Å²) in [6.45, 7) is 3.95. The highest BCUT2D eigenvalue weighted by Gasteiger charge is 2.15. The predicted molar refractivity (Wildman–Crippen MR) is 118 cm³/mol. The molecule has 2 aromatic heterocycles. The van der Waals surface area contributed by atoms with Gasteiger partial charge in [0, 0.05) is 36.0 Å². The summed E-state index contributed by atoms with van der Waals surface area (Å²) in [6, 6.07) is 8.88. The van der Waals surface area contributed by atoms with Crippen molar-refractivity contribution in [1.82, 2.24) is 4.57 Å². The van der Waals surface area contributed by atoms with Gasteiger partial charge in [0.25, 0.3) is 5.69 Å². The van der Waals surface area contributed by atoms with Crippen LogP contribution in [0.25, 0.3) is 22.1 Å². The smallest absolute Gasteiger partial charge is 0.419 e. The minimum Gasteiger partial charge on any atom is -0.461 e. The van der Waals surface area contributed by atoms with Crippen LogP contribution in [0, 0.1) is 24.0 Å². The molecule has 0 N–H and O–H groups in total. The summed E-state index contributed by atoms with van der Waals surface area (Å²) in [5.41, 5.74) is 2.80. The summed E-state index contributed by atoms with van der Waals surface area (Å²) < 4.78 is 17.0. The van der Waals surface area contributed by atoms with Gasteiger partial charge in [-0.3, -0.25) is 19.5 Å². The van der Waals surface area contributed by atoms with Crippen molar-refractivity contribution in [2.45, 2.75) is 39.8 Å². The van der Waals surface area contributed by atoms with Gasteiger partial charge in [-0.25, -0.2) is 9.59 Å². The largest absolute Gasteiger partial charge is 0.461 e. The Balaban J connectivity index is 1.40. The third kappa shape index (κ3) is 4.54. The normalized spacial score (nSPS) is 11.2. The average molecular weight is 452 g/mol. The molecule has 0 saturated carbocycles. The lowest BCUT2D eigenvalue weighted by Gasteiger charge is -2.09. The zero-order valence-electron chi connectivity index (χ0n) is 18.0. The molecule has 0 radical (unpaired) electrons. The monoisotopic (exact) mass is 452 g/mol. The van der Waals surface area contributed by atoms with Gasteiger partial charge in [0.1, 0.15) is 12.2 Å². The fourth-order valence-electron chi connectivity index (χ4n) is 3.59. The molecule has 2 aromatic carbocycles. The van der Waals surface area contributed by atoms with E-state index in [-0.39, 0.29) is 30.8 Å². The number of nitrogens with zero attached hydrogens (tertiary/aromatic N) is 2. The van der Waals surface area contributed by atoms with Gasteiger partial charge in [0.2, 0.25) is 0 Å². The minimum atomic E-state index is -0.660. The van der Waals surface area contributed by atoms with Gasteiger partial charge in [0.15, 0.2) is 5.58 Å². The van der Waals surface area contributed by atoms with Gasteiger partial charge in [-0.15, -0.1) is 0 Å². The number of fused-ring (bicyclic) bond motifs is 2. The average Bonchev–Trinajstić information content (AvgIpc) is 3.07. The second-order valence-electron chi connectivity index (χ2n) is 7.72. The first kappa shape index (κ1) is 22.0. The minimum absolute atomic E-state index is 0.0314. The summed E-state index contributed by atoms with van der Waals surface area (Å²) in [7, 11) is 0. The number of hydrogen-bond acceptors (Lipinski definition) is 8. The fraction of sp³-hybridized carbons (Fsp3) is 0.261. The fourth-order valence-corrected chi connectivity index (χ4v) is 3.59. The molecule has 0 atom stereocenters. The van der Waals surface area contributed by atoms with E-state index in [1.165, 1.54) is 28.8 Å². The third-order valence-electron chi connectivity index (χ3n) is 5.46. The highest BCUT2D eigenvalue weighted by atomic mass is 16.6. The molecule has 0 bridgehead atoms. The number of carbonyl (C=O) groups excluding carboxylic acids is 1. The molecule has 33 heavy (non-hydrogen) atoms. The second kappa shape index (κ2) is 8.73. The van der Waals surface area contributed by atoms with E-state index in [2.05, 4.69) is 0 Å². The number of ether oxygens (including phenoxy) is 1. The lowest BCUT2D eigenvalue weighted by Crippen LogP contribution is -2.15. The van der Waals surface area contributed by atoms with Crippen molar-refractivity contribution in [3.8, 4) is 0 Å². The number of carbonyl (C=O) groups is 1. The summed E-state index contributed by atoms with van der Waals surface area (Å²) in [6.07, 6.45) is 0.323. The first-order chi connectivity index (χ1) is 15.7. The molecule has 4 aromatic rings.